The monoisotopic (exact) mass is 593 g/mol. The molecule has 4 rings (SSSR count). The van der Waals surface area contributed by atoms with Crippen LogP contribution >= 0.6 is 22.9 Å². The van der Waals surface area contributed by atoms with Crippen molar-refractivity contribution >= 4 is 44.4 Å². The second-order valence-corrected chi connectivity index (χ2v) is 11.6. The lowest BCUT2D eigenvalue weighted by Gasteiger charge is -2.28. The molecule has 1 saturated heterocycles. The predicted molar refractivity (Wildman–Crippen MR) is 137 cm³/mol. The number of carboxylic acid groups (broad SMARTS) is 1. The number of nitrogens with zero attached hydrogens (tertiary/aromatic N) is 3. The van der Waals surface area contributed by atoms with Crippen molar-refractivity contribution in [3.05, 3.63) is 75.5 Å². The van der Waals surface area contributed by atoms with Crippen LogP contribution in [0.1, 0.15) is 17.7 Å². The van der Waals surface area contributed by atoms with E-state index in [1.807, 2.05) is 30.1 Å². The van der Waals surface area contributed by atoms with Crippen LogP contribution in [0.15, 0.2) is 58.3 Å². The van der Waals surface area contributed by atoms with Crippen LogP contribution in [0, 0.1) is 5.82 Å². The van der Waals surface area contributed by atoms with E-state index in [2.05, 4.69) is 22.0 Å². The second kappa shape index (κ2) is 12.4. The third kappa shape index (κ3) is 7.65. The van der Waals surface area contributed by atoms with Crippen LogP contribution < -0.4 is 4.90 Å². The fourth-order valence-electron chi connectivity index (χ4n) is 3.93. The number of rotatable bonds is 7. The summed E-state index contributed by atoms with van der Waals surface area (Å²) >= 11 is 7.62. The van der Waals surface area contributed by atoms with Crippen molar-refractivity contribution in [3.63, 3.8) is 0 Å². The fourth-order valence-corrected chi connectivity index (χ4v) is 6.30. The van der Waals surface area contributed by atoms with Gasteiger partial charge in [-0.3, -0.25) is 4.90 Å². The average molecular weight is 594 g/mol. The molecule has 0 radical (unpaired) electrons. The first-order valence-corrected chi connectivity index (χ1v) is 14.1. The highest BCUT2D eigenvalue weighted by Gasteiger charge is 2.38. The minimum absolute atomic E-state index is 0.164. The molecule has 1 fully saturated rings. The van der Waals surface area contributed by atoms with Gasteiger partial charge in [-0.05, 0) is 24.1 Å². The summed E-state index contributed by atoms with van der Waals surface area (Å²) in [5, 5.41) is 8.60. The Morgan fingerprint density at radius 1 is 1.24 bits per heavy atom. The summed E-state index contributed by atoms with van der Waals surface area (Å²) in [6.45, 7) is 2.62. The Morgan fingerprint density at radius 2 is 1.89 bits per heavy atom. The van der Waals surface area contributed by atoms with Crippen LogP contribution in [0.4, 0.5) is 23.2 Å². The van der Waals surface area contributed by atoms with Crippen LogP contribution in [0.5, 0.6) is 0 Å². The summed E-state index contributed by atoms with van der Waals surface area (Å²) in [4.78, 5) is 16.8. The molecular formula is C24H24ClF4N3O4S2. The molecule has 206 valence electrons. The molecule has 2 aromatic carbocycles. The summed E-state index contributed by atoms with van der Waals surface area (Å²) in [5.41, 5.74) is 3.70. The standard InChI is InChI=1S/C22H23ClFN3O2S2.C2HF3O2/c1-26(18-9-10-27(12-18)11-16-5-3-2-4-6-16)19-7-8-20(22(24)21(19)23)31(28,29)14-17-13-30-15-25-17;3-2(4,5)1(6)7/h2-8,13,15,18H,9-12,14H2,1H3;(H,6,7)/t18-;/m0./s1. The molecule has 1 aliphatic heterocycles. The molecule has 0 amide bonds. The quantitative estimate of drug-likeness (QED) is 0.374. The van der Waals surface area contributed by atoms with Gasteiger partial charge in [0, 0.05) is 38.1 Å². The van der Waals surface area contributed by atoms with Gasteiger partial charge >= 0.3 is 12.1 Å². The molecule has 0 saturated carbocycles. The molecular weight excluding hydrogens is 570 g/mol. The van der Waals surface area contributed by atoms with Crippen LogP contribution in [0.3, 0.4) is 0 Å². The van der Waals surface area contributed by atoms with Gasteiger partial charge in [0.2, 0.25) is 0 Å². The first-order chi connectivity index (χ1) is 17.8. The van der Waals surface area contributed by atoms with E-state index in [1.165, 1.54) is 23.0 Å². The van der Waals surface area contributed by atoms with Crippen LogP contribution in [-0.2, 0) is 26.9 Å². The number of hydrogen-bond acceptors (Lipinski definition) is 7. The van der Waals surface area contributed by atoms with Crippen molar-refractivity contribution in [2.45, 2.75) is 35.8 Å². The van der Waals surface area contributed by atoms with E-state index in [0.29, 0.717) is 11.4 Å². The van der Waals surface area contributed by atoms with Gasteiger partial charge < -0.3 is 10.0 Å². The highest BCUT2D eigenvalue weighted by atomic mass is 35.5. The Balaban J connectivity index is 0.000000505. The average Bonchev–Trinajstić information content (AvgIpc) is 3.52. The zero-order valence-corrected chi connectivity index (χ0v) is 22.4. The number of thiazole rings is 1. The van der Waals surface area contributed by atoms with Crippen LogP contribution in [0.25, 0.3) is 0 Å². The highest BCUT2D eigenvalue weighted by Crippen LogP contribution is 2.35. The molecule has 7 nitrogen and oxygen atoms in total. The SMILES string of the molecule is CN(c1ccc(S(=O)(=O)Cc2cscn2)c(F)c1Cl)[C@H]1CCN(Cc2ccccc2)C1.O=C(O)C(F)(F)F. The largest absolute Gasteiger partial charge is 0.490 e. The predicted octanol–water partition coefficient (Wildman–Crippen LogP) is 5.25. The zero-order valence-electron chi connectivity index (χ0n) is 20.0. The van der Waals surface area contributed by atoms with Crippen LogP contribution in [-0.4, -0.2) is 61.7 Å². The Labute approximate surface area is 226 Å². The molecule has 3 aromatic rings. The number of likely N-dealkylation sites (tertiary alicyclic amines) is 1. The van der Waals surface area contributed by atoms with Crippen molar-refractivity contribution in [2.24, 2.45) is 0 Å². The van der Waals surface area contributed by atoms with Gasteiger partial charge in [-0.25, -0.2) is 22.6 Å². The Morgan fingerprint density at radius 3 is 2.47 bits per heavy atom. The maximum Gasteiger partial charge on any atom is 0.490 e. The number of halogens is 5. The number of carbonyl (C=O) groups is 1. The summed E-state index contributed by atoms with van der Waals surface area (Å²) in [6, 6.07) is 13.3. The summed E-state index contributed by atoms with van der Waals surface area (Å²) in [7, 11) is -2.01. The van der Waals surface area contributed by atoms with E-state index in [4.69, 9.17) is 21.5 Å². The van der Waals surface area contributed by atoms with Crippen molar-refractivity contribution in [1.29, 1.82) is 0 Å². The molecule has 1 aliphatic rings. The number of aliphatic carboxylic acids is 1. The van der Waals surface area contributed by atoms with Crippen molar-refractivity contribution in [1.82, 2.24) is 9.88 Å². The molecule has 38 heavy (non-hydrogen) atoms. The maximum absolute atomic E-state index is 15.0. The fraction of sp³-hybridized carbons (Fsp3) is 0.333. The van der Waals surface area contributed by atoms with Gasteiger partial charge in [0.05, 0.1) is 22.6 Å². The minimum Gasteiger partial charge on any atom is -0.475 e. The van der Waals surface area contributed by atoms with E-state index in [0.717, 1.165) is 26.1 Å². The molecule has 0 unspecified atom stereocenters. The molecule has 1 aromatic heterocycles. The van der Waals surface area contributed by atoms with E-state index >= 15 is 4.39 Å². The number of anilines is 1. The van der Waals surface area contributed by atoms with E-state index < -0.39 is 27.8 Å². The molecule has 1 atom stereocenters. The lowest BCUT2D eigenvalue weighted by molar-refractivity contribution is -0.192. The molecule has 14 heteroatoms. The van der Waals surface area contributed by atoms with Crippen molar-refractivity contribution < 1.29 is 35.9 Å². The van der Waals surface area contributed by atoms with Crippen molar-refractivity contribution in [2.75, 3.05) is 25.0 Å². The van der Waals surface area contributed by atoms with Gasteiger partial charge in [-0.2, -0.15) is 13.2 Å². The second-order valence-electron chi connectivity index (χ2n) is 8.53. The first-order valence-electron chi connectivity index (χ1n) is 11.2. The number of carboxylic acids is 1. The Kier molecular flexibility index (Phi) is 9.74. The first kappa shape index (κ1) is 29.8. The normalized spacial score (nSPS) is 16.1. The topological polar surface area (TPSA) is 90.8 Å². The van der Waals surface area contributed by atoms with E-state index in [-0.39, 0.29) is 21.7 Å². The molecule has 1 N–H and O–H groups in total. The zero-order chi connectivity index (χ0) is 28.1. The van der Waals surface area contributed by atoms with E-state index in [1.54, 1.807) is 17.0 Å². The lowest BCUT2D eigenvalue weighted by Crippen LogP contribution is -2.34. The van der Waals surface area contributed by atoms with Gasteiger partial charge in [-0.15, -0.1) is 11.3 Å². The van der Waals surface area contributed by atoms with Gasteiger partial charge in [0.25, 0.3) is 0 Å². The number of benzene rings is 2. The highest BCUT2D eigenvalue weighted by molar-refractivity contribution is 7.90. The number of aromatic nitrogens is 1. The van der Waals surface area contributed by atoms with E-state index in [9.17, 15) is 21.6 Å². The molecule has 0 aliphatic carbocycles. The van der Waals surface area contributed by atoms with Crippen LogP contribution in [0.2, 0.25) is 5.02 Å². The minimum atomic E-state index is -5.08. The summed E-state index contributed by atoms with van der Waals surface area (Å²) in [5.74, 6) is -4.01. The number of likely N-dealkylation sites (N-methyl/N-ethyl adjacent to an activating group) is 1. The molecule has 2 heterocycles. The van der Waals surface area contributed by atoms with Gasteiger partial charge in [0.15, 0.2) is 15.7 Å². The smallest absolute Gasteiger partial charge is 0.475 e. The third-order valence-corrected chi connectivity index (χ3v) is 8.51. The number of hydrogen-bond donors (Lipinski definition) is 1. The Bertz CT molecular complexity index is 1340. The summed E-state index contributed by atoms with van der Waals surface area (Å²) < 4.78 is 72.1. The Hall–Kier alpha value is -2.74. The maximum atomic E-state index is 15.0. The number of alkyl halides is 3. The molecule has 0 bridgehead atoms. The summed E-state index contributed by atoms with van der Waals surface area (Å²) in [6.07, 6.45) is -4.16. The lowest BCUT2D eigenvalue weighted by atomic mass is 10.2. The third-order valence-electron chi connectivity index (χ3n) is 5.85. The van der Waals surface area contributed by atoms with Gasteiger partial charge in [0.1, 0.15) is 9.92 Å². The molecule has 0 spiro atoms. The van der Waals surface area contributed by atoms with Gasteiger partial charge in [-0.1, -0.05) is 41.9 Å². The van der Waals surface area contributed by atoms with Crippen molar-refractivity contribution in [3.8, 4) is 0 Å². The number of sulfone groups is 1.